The van der Waals surface area contributed by atoms with Crippen LogP contribution >= 0.6 is 0 Å². The van der Waals surface area contributed by atoms with Gasteiger partial charge in [-0.15, -0.1) is 0 Å². The van der Waals surface area contributed by atoms with Crippen molar-refractivity contribution in [2.24, 2.45) is 17.8 Å². The van der Waals surface area contributed by atoms with E-state index in [4.69, 9.17) is 0 Å². The molecule has 1 saturated carbocycles. The Labute approximate surface area is 115 Å². The molecule has 5 unspecified atom stereocenters. The van der Waals surface area contributed by atoms with Gasteiger partial charge in [0, 0.05) is 6.04 Å². The summed E-state index contributed by atoms with van der Waals surface area (Å²) in [6, 6.07) is 10.6. The monoisotopic (exact) mass is 257 g/mol. The van der Waals surface area contributed by atoms with E-state index in [2.05, 4.69) is 31.3 Å². The third-order valence-corrected chi connectivity index (χ3v) is 4.97. The molecule has 2 fully saturated rings. The number of rotatable bonds is 1. The van der Waals surface area contributed by atoms with Crippen molar-refractivity contribution in [3.05, 3.63) is 35.9 Å². The van der Waals surface area contributed by atoms with E-state index in [0.29, 0.717) is 17.9 Å². The van der Waals surface area contributed by atoms with Crippen LogP contribution in [0.5, 0.6) is 0 Å². The van der Waals surface area contributed by atoms with Crippen LogP contribution in [-0.4, -0.2) is 11.9 Å². The molecule has 1 aromatic rings. The van der Waals surface area contributed by atoms with Gasteiger partial charge in [-0.2, -0.15) is 0 Å². The molecule has 0 spiro atoms. The van der Waals surface area contributed by atoms with E-state index in [0.717, 1.165) is 12.3 Å². The van der Waals surface area contributed by atoms with Crippen LogP contribution in [0, 0.1) is 17.8 Å². The molecule has 1 heterocycles. The molecule has 2 aliphatic rings. The number of hydrogen-bond donors (Lipinski definition) is 1. The van der Waals surface area contributed by atoms with Crippen LogP contribution in [0.25, 0.3) is 0 Å². The zero-order valence-electron chi connectivity index (χ0n) is 11.8. The summed E-state index contributed by atoms with van der Waals surface area (Å²) in [6.07, 6.45) is 3.53. The van der Waals surface area contributed by atoms with Crippen molar-refractivity contribution >= 4 is 5.91 Å². The first kappa shape index (κ1) is 12.7. The summed E-state index contributed by atoms with van der Waals surface area (Å²) < 4.78 is 0. The Morgan fingerprint density at radius 1 is 1.05 bits per heavy atom. The molecule has 2 heteroatoms. The van der Waals surface area contributed by atoms with Gasteiger partial charge >= 0.3 is 0 Å². The van der Waals surface area contributed by atoms with E-state index in [1.807, 2.05) is 18.2 Å². The average molecular weight is 257 g/mol. The topological polar surface area (TPSA) is 29.1 Å². The molecule has 1 saturated heterocycles. The Morgan fingerprint density at radius 3 is 2.53 bits per heavy atom. The third kappa shape index (κ3) is 2.41. The van der Waals surface area contributed by atoms with Gasteiger partial charge in [-0.1, -0.05) is 44.2 Å². The molecule has 1 aromatic carbocycles. The zero-order valence-corrected chi connectivity index (χ0v) is 11.8. The molecule has 102 valence electrons. The van der Waals surface area contributed by atoms with Gasteiger partial charge in [-0.25, -0.2) is 0 Å². The van der Waals surface area contributed by atoms with Gasteiger partial charge in [0.05, 0.1) is 5.92 Å². The SMILES string of the molecule is CC1CC(C)C2NC(=O)C(c3ccccc3)CC2C1. The number of carbonyl (C=O) groups is 1. The van der Waals surface area contributed by atoms with Gasteiger partial charge in [-0.05, 0) is 42.6 Å². The van der Waals surface area contributed by atoms with Crippen molar-refractivity contribution in [1.82, 2.24) is 5.32 Å². The van der Waals surface area contributed by atoms with Gasteiger partial charge < -0.3 is 5.32 Å². The van der Waals surface area contributed by atoms with Crippen LogP contribution in [0.15, 0.2) is 30.3 Å². The predicted octanol–water partition coefficient (Wildman–Crippen LogP) is 3.34. The van der Waals surface area contributed by atoms with E-state index in [-0.39, 0.29) is 11.8 Å². The van der Waals surface area contributed by atoms with Crippen molar-refractivity contribution in [1.29, 1.82) is 0 Å². The van der Waals surface area contributed by atoms with Crippen LogP contribution in [0.1, 0.15) is 44.6 Å². The largest absolute Gasteiger partial charge is 0.352 e. The highest BCUT2D eigenvalue weighted by molar-refractivity contribution is 5.84. The van der Waals surface area contributed by atoms with Crippen molar-refractivity contribution in [3.63, 3.8) is 0 Å². The van der Waals surface area contributed by atoms with E-state index in [9.17, 15) is 4.79 Å². The normalized spacial score (nSPS) is 38.4. The molecule has 1 aliphatic heterocycles. The maximum Gasteiger partial charge on any atom is 0.227 e. The predicted molar refractivity (Wildman–Crippen MR) is 76.8 cm³/mol. The molecule has 1 aliphatic carbocycles. The highest BCUT2D eigenvalue weighted by atomic mass is 16.2. The maximum absolute atomic E-state index is 12.4. The molecule has 0 bridgehead atoms. The molecule has 19 heavy (non-hydrogen) atoms. The van der Waals surface area contributed by atoms with Crippen molar-refractivity contribution in [3.8, 4) is 0 Å². The Balaban J connectivity index is 1.81. The lowest BCUT2D eigenvalue weighted by Crippen LogP contribution is -2.54. The van der Waals surface area contributed by atoms with Gasteiger partial charge in [0.15, 0.2) is 0 Å². The first-order valence-electron chi connectivity index (χ1n) is 7.50. The molecule has 3 rings (SSSR count). The molecule has 1 N–H and O–H groups in total. The summed E-state index contributed by atoms with van der Waals surface area (Å²) in [6.45, 7) is 4.64. The molecule has 0 aromatic heterocycles. The van der Waals surface area contributed by atoms with E-state index in [1.54, 1.807) is 0 Å². The molecule has 5 atom stereocenters. The number of benzene rings is 1. The number of carbonyl (C=O) groups excluding carboxylic acids is 1. The van der Waals surface area contributed by atoms with Gasteiger partial charge in [0.2, 0.25) is 5.91 Å². The molecular formula is C17H23NO. The van der Waals surface area contributed by atoms with E-state index < -0.39 is 0 Å². The maximum atomic E-state index is 12.4. The Morgan fingerprint density at radius 2 is 1.79 bits per heavy atom. The summed E-state index contributed by atoms with van der Waals surface area (Å²) in [5.41, 5.74) is 1.17. The van der Waals surface area contributed by atoms with Crippen LogP contribution in [0.2, 0.25) is 0 Å². The van der Waals surface area contributed by atoms with Gasteiger partial charge in [0.1, 0.15) is 0 Å². The fourth-order valence-corrected chi connectivity index (χ4v) is 4.16. The van der Waals surface area contributed by atoms with Crippen LogP contribution < -0.4 is 5.32 Å². The Hall–Kier alpha value is -1.31. The summed E-state index contributed by atoms with van der Waals surface area (Å²) in [4.78, 5) is 12.4. The summed E-state index contributed by atoms with van der Waals surface area (Å²) in [5.74, 6) is 2.35. The van der Waals surface area contributed by atoms with Crippen molar-refractivity contribution in [2.75, 3.05) is 0 Å². The number of hydrogen-bond acceptors (Lipinski definition) is 1. The van der Waals surface area contributed by atoms with Crippen LogP contribution in [0.3, 0.4) is 0 Å². The highest BCUT2D eigenvalue weighted by Gasteiger charge is 2.41. The second-order valence-corrected chi connectivity index (χ2v) is 6.55. The fraction of sp³-hybridized carbons (Fsp3) is 0.588. The first-order valence-corrected chi connectivity index (χ1v) is 7.50. The highest BCUT2D eigenvalue weighted by Crippen LogP contribution is 2.41. The van der Waals surface area contributed by atoms with Crippen LogP contribution in [-0.2, 0) is 4.79 Å². The fourth-order valence-electron chi connectivity index (χ4n) is 4.16. The Kier molecular flexibility index (Phi) is 3.34. The summed E-state index contributed by atoms with van der Waals surface area (Å²) in [5, 5.41) is 3.30. The minimum atomic E-state index is 0.0555. The smallest absolute Gasteiger partial charge is 0.227 e. The van der Waals surface area contributed by atoms with Crippen molar-refractivity contribution < 1.29 is 4.79 Å². The quantitative estimate of drug-likeness (QED) is 0.821. The molecular weight excluding hydrogens is 234 g/mol. The van der Waals surface area contributed by atoms with Gasteiger partial charge in [-0.3, -0.25) is 4.79 Å². The lowest BCUT2D eigenvalue weighted by molar-refractivity contribution is -0.128. The second kappa shape index (κ2) is 4.99. The lowest BCUT2D eigenvalue weighted by atomic mass is 9.67. The third-order valence-electron chi connectivity index (χ3n) is 4.97. The van der Waals surface area contributed by atoms with Gasteiger partial charge in [0.25, 0.3) is 0 Å². The standard InChI is InChI=1S/C17H23NO/c1-11-8-12(2)16-14(9-11)10-15(17(19)18-16)13-6-4-3-5-7-13/h3-7,11-12,14-16H,8-10H2,1-2H3,(H,18,19). The number of fused-ring (bicyclic) bond motifs is 1. The summed E-state index contributed by atoms with van der Waals surface area (Å²) >= 11 is 0. The number of piperidine rings is 1. The molecule has 2 nitrogen and oxygen atoms in total. The second-order valence-electron chi connectivity index (χ2n) is 6.55. The van der Waals surface area contributed by atoms with Crippen LogP contribution in [0.4, 0.5) is 0 Å². The average Bonchev–Trinajstić information content (AvgIpc) is 2.40. The molecule has 0 radical (unpaired) electrons. The lowest BCUT2D eigenvalue weighted by Gasteiger charge is -2.45. The minimum Gasteiger partial charge on any atom is -0.352 e. The van der Waals surface area contributed by atoms with E-state index >= 15 is 0 Å². The minimum absolute atomic E-state index is 0.0555. The molecule has 1 amide bonds. The number of nitrogens with one attached hydrogen (secondary N) is 1. The Bertz CT molecular complexity index is 456. The van der Waals surface area contributed by atoms with E-state index in [1.165, 1.54) is 18.4 Å². The zero-order chi connectivity index (χ0) is 13.4. The number of amides is 1. The summed E-state index contributed by atoms with van der Waals surface area (Å²) in [7, 11) is 0. The first-order chi connectivity index (χ1) is 9.15. The van der Waals surface area contributed by atoms with Crippen molar-refractivity contribution in [2.45, 2.75) is 45.1 Å².